The van der Waals surface area contributed by atoms with Crippen LogP contribution in [0.5, 0.6) is 0 Å². The second-order valence-electron chi connectivity index (χ2n) is 4.85. The van der Waals surface area contributed by atoms with Crippen molar-refractivity contribution in [2.24, 2.45) is 5.73 Å². The molecule has 0 amide bonds. The second-order valence-corrected chi connectivity index (χ2v) is 4.85. The van der Waals surface area contributed by atoms with E-state index in [-0.39, 0.29) is 11.6 Å². The molecule has 0 bridgehead atoms. The standard InChI is InChI=1S/C10H22N2O/c1-8(11)6-12(4)9-5-10(2,3)13-7-9/h8-9H,5-7,11H2,1-4H3/t8-,9?/m1/s1. The van der Waals surface area contributed by atoms with Gasteiger partial charge in [0.15, 0.2) is 0 Å². The maximum atomic E-state index is 5.75. The summed E-state index contributed by atoms with van der Waals surface area (Å²) in [7, 11) is 2.12. The highest BCUT2D eigenvalue weighted by Gasteiger charge is 2.33. The van der Waals surface area contributed by atoms with Crippen LogP contribution in [0, 0.1) is 0 Å². The number of hydrogen-bond donors (Lipinski definition) is 1. The molecular formula is C10H22N2O. The Labute approximate surface area is 81.2 Å². The summed E-state index contributed by atoms with van der Waals surface area (Å²) in [5.74, 6) is 0. The minimum absolute atomic E-state index is 0.0523. The van der Waals surface area contributed by atoms with Crippen LogP contribution in [0.1, 0.15) is 27.2 Å². The Balaban J connectivity index is 2.37. The monoisotopic (exact) mass is 186 g/mol. The SMILES string of the molecule is C[C@@H](N)CN(C)C1COC(C)(C)C1. The van der Waals surface area contributed by atoms with Gasteiger partial charge in [-0.25, -0.2) is 0 Å². The Hall–Kier alpha value is -0.120. The summed E-state index contributed by atoms with van der Waals surface area (Å²) in [6.45, 7) is 8.12. The first kappa shape index (κ1) is 11.0. The first-order valence-corrected chi connectivity index (χ1v) is 5.00. The Morgan fingerprint density at radius 1 is 1.62 bits per heavy atom. The molecule has 2 N–H and O–H groups in total. The van der Waals surface area contributed by atoms with Crippen molar-refractivity contribution in [3.63, 3.8) is 0 Å². The Kier molecular flexibility index (Phi) is 3.33. The van der Waals surface area contributed by atoms with Crippen molar-refractivity contribution in [3.8, 4) is 0 Å². The summed E-state index contributed by atoms with van der Waals surface area (Å²) in [4.78, 5) is 2.30. The van der Waals surface area contributed by atoms with Gasteiger partial charge in [-0.05, 0) is 34.2 Å². The summed E-state index contributed by atoms with van der Waals surface area (Å²) in [6.07, 6.45) is 1.11. The van der Waals surface area contributed by atoms with Gasteiger partial charge in [-0.15, -0.1) is 0 Å². The molecule has 3 nitrogen and oxygen atoms in total. The van der Waals surface area contributed by atoms with E-state index in [1.54, 1.807) is 0 Å². The number of nitrogens with zero attached hydrogens (tertiary/aromatic N) is 1. The predicted molar refractivity (Wildman–Crippen MR) is 54.7 cm³/mol. The predicted octanol–water partition coefficient (Wildman–Crippen LogP) is 0.833. The Morgan fingerprint density at radius 2 is 2.23 bits per heavy atom. The van der Waals surface area contributed by atoms with E-state index >= 15 is 0 Å². The van der Waals surface area contributed by atoms with E-state index in [2.05, 4.69) is 25.8 Å². The summed E-state index contributed by atoms with van der Waals surface area (Å²) in [6, 6.07) is 0.787. The molecule has 1 rings (SSSR count). The zero-order valence-corrected chi connectivity index (χ0v) is 9.21. The fraction of sp³-hybridized carbons (Fsp3) is 1.00. The van der Waals surface area contributed by atoms with Gasteiger partial charge in [0.2, 0.25) is 0 Å². The molecule has 1 aliphatic rings. The highest BCUT2D eigenvalue weighted by molar-refractivity contribution is 4.86. The number of rotatable bonds is 3. The normalized spacial score (nSPS) is 29.5. The minimum Gasteiger partial charge on any atom is -0.374 e. The molecule has 0 aromatic carbocycles. The van der Waals surface area contributed by atoms with Gasteiger partial charge in [-0.2, -0.15) is 0 Å². The van der Waals surface area contributed by atoms with E-state index in [9.17, 15) is 0 Å². The van der Waals surface area contributed by atoms with E-state index in [1.165, 1.54) is 0 Å². The smallest absolute Gasteiger partial charge is 0.0643 e. The van der Waals surface area contributed by atoms with Gasteiger partial charge in [0.05, 0.1) is 12.2 Å². The van der Waals surface area contributed by atoms with Crippen LogP contribution < -0.4 is 5.73 Å². The van der Waals surface area contributed by atoms with Gasteiger partial charge in [-0.1, -0.05) is 0 Å². The maximum Gasteiger partial charge on any atom is 0.0643 e. The van der Waals surface area contributed by atoms with Crippen LogP contribution in [0.3, 0.4) is 0 Å². The molecule has 0 aromatic rings. The van der Waals surface area contributed by atoms with Gasteiger partial charge in [0.25, 0.3) is 0 Å². The number of hydrogen-bond acceptors (Lipinski definition) is 3. The lowest BCUT2D eigenvalue weighted by Crippen LogP contribution is -2.40. The first-order valence-electron chi connectivity index (χ1n) is 5.00. The summed E-state index contributed by atoms with van der Waals surface area (Å²) >= 11 is 0. The third-order valence-corrected chi connectivity index (χ3v) is 2.59. The molecule has 1 heterocycles. The topological polar surface area (TPSA) is 38.5 Å². The molecular weight excluding hydrogens is 164 g/mol. The van der Waals surface area contributed by atoms with Crippen molar-refractivity contribution >= 4 is 0 Å². The summed E-state index contributed by atoms with van der Waals surface area (Å²) < 4.78 is 5.67. The molecule has 0 aromatic heterocycles. The van der Waals surface area contributed by atoms with Crippen LogP contribution in [0.25, 0.3) is 0 Å². The van der Waals surface area contributed by atoms with Gasteiger partial charge >= 0.3 is 0 Å². The first-order chi connectivity index (χ1) is 5.91. The van der Waals surface area contributed by atoms with Crippen molar-refractivity contribution in [2.45, 2.75) is 44.9 Å². The Bertz CT molecular complexity index is 168. The number of nitrogens with two attached hydrogens (primary N) is 1. The minimum atomic E-state index is 0.0523. The lowest BCUT2D eigenvalue weighted by molar-refractivity contribution is 0.0335. The van der Waals surface area contributed by atoms with Crippen LogP contribution in [0.4, 0.5) is 0 Å². The molecule has 13 heavy (non-hydrogen) atoms. The van der Waals surface area contributed by atoms with Crippen LogP contribution in [-0.4, -0.2) is 42.8 Å². The van der Waals surface area contributed by atoms with Crippen molar-refractivity contribution in [2.75, 3.05) is 20.2 Å². The Morgan fingerprint density at radius 3 is 2.62 bits per heavy atom. The van der Waals surface area contributed by atoms with Crippen molar-refractivity contribution in [3.05, 3.63) is 0 Å². The third kappa shape index (κ3) is 3.25. The average Bonchev–Trinajstić information content (AvgIpc) is 2.28. The molecule has 1 unspecified atom stereocenters. The summed E-state index contributed by atoms with van der Waals surface area (Å²) in [5, 5.41) is 0. The molecule has 0 aliphatic carbocycles. The van der Waals surface area contributed by atoms with Crippen molar-refractivity contribution in [1.82, 2.24) is 4.90 Å². The average molecular weight is 186 g/mol. The largest absolute Gasteiger partial charge is 0.374 e. The van der Waals surface area contributed by atoms with Crippen molar-refractivity contribution < 1.29 is 4.74 Å². The van der Waals surface area contributed by atoms with Crippen molar-refractivity contribution in [1.29, 1.82) is 0 Å². The molecule has 1 fully saturated rings. The second kappa shape index (κ2) is 3.95. The third-order valence-electron chi connectivity index (χ3n) is 2.59. The molecule has 1 aliphatic heterocycles. The quantitative estimate of drug-likeness (QED) is 0.709. The van der Waals surface area contributed by atoms with Crippen LogP contribution >= 0.6 is 0 Å². The van der Waals surface area contributed by atoms with E-state index < -0.39 is 0 Å². The zero-order valence-electron chi connectivity index (χ0n) is 9.21. The van der Waals surface area contributed by atoms with Gasteiger partial charge < -0.3 is 10.5 Å². The van der Waals surface area contributed by atoms with Gasteiger partial charge in [0.1, 0.15) is 0 Å². The van der Waals surface area contributed by atoms with Crippen LogP contribution in [0.15, 0.2) is 0 Å². The van der Waals surface area contributed by atoms with Gasteiger partial charge in [-0.3, -0.25) is 4.90 Å². The molecule has 1 saturated heterocycles. The van der Waals surface area contributed by atoms with E-state index in [4.69, 9.17) is 10.5 Å². The molecule has 0 spiro atoms. The van der Waals surface area contributed by atoms with Crippen LogP contribution in [0.2, 0.25) is 0 Å². The van der Waals surface area contributed by atoms with E-state index in [0.29, 0.717) is 6.04 Å². The highest BCUT2D eigenvalue weighted by atomic mass is 16.5. The lowest BCUT2D eigenvalue weighted by atomic mass is 10.0. The molecule has 0 radical (unpaired) electrons. The molecule has 78 valence electrons. The fourth-order valence-corrected chi connectivity index (χ4v) is 1.89. The van der Waals surface area contributed by atoms with Crippen LogP contribution in [-0.2, 0) is 4.74 Å². The summed E-state index contributed by atoms with van der Waals surface area (Å²) in [5.41, 5.74) is 5.80. The molecule has 0 saturated carbocycles. The number of likely N-dealkylation sites (N-methyl/N-ethyl adjacent to an activating group) is 1. The fourth-order valence-electron chi connectivity index (χ4n) is 1.89. The lowest BCUT2D eigenvalue weighted by Gasteiger charge is -2.25. The highest BCUT2D eigenvalue weighted by Crippen LogP contribution is 2.27. The van der Waals surface area contributed by atoms with Gasteiger partial charge in [0, 0.05) is 18.6 Å². The van der Waals surface area contributed by atoms with E-state index in [1.807, 2.05) is 6.92 Å². The molecule has 3 heteroatoms. The van der Waals surface area contributed by atoms with E-state index in [0.717, 1.165) is 19.6 Å². The maximum absolute atomic E-state index is 5.75. The molecule has 2 atom stereocenters. The number of ether oxygens (including phenoxy) is 1. The zero-order chi connectivity index (χ0) is 10.1.